The monoisotopic (exact) mass is 587 g/mol. The molecule has 4 heterocycles. The van der Waals surface area contributed by atoms with Gasteiger partial charge in [-0.3, -0.25) is 9.69 Å². The zero-order valence-electron chi connectivity index (χ0n) is 22.1. The maximum absolute atomic E-state index is 14.9. The number of halogens is 3. The van der Waals surface area contributed by atoms with Gasteiger partial charge in [-0.15, -0.1) is 0 Å². The lowest BCUT2D eigenvalue weighted by Crippen LogP contribution is -2.48. The van der Waals surface area contributed by atoms with Gasteiger partial charge in [0.15, 0.2) is 11.5 Å². The largest absolute Gasteiger partial charge is 0.488 e. The topological polar surface area (TPSA) is 79.8 Å². The van der Waals surface area contributed by atoms with E-state index in [4.69, 9.17) is 32.7 Å². The number of rotatable bonds is 9. The number of amides is 1. The third-order valence-electron chi connectivity index (χ3n) is 8.30. The zero-order chi connectivity index (χ0) is 27.8. The summed E-state index contributed by atoms with van der Waals surface area (Å²) in [4.78, 5) is 25.6. The predicted molar refractivity (Wildman–Crippen MR) is 154 cm³/mol. The molecule has 3 saturated heterocycles. The molecule has 1 aliphatic carbocycles. The average Bonchev–Trinajstić information content (AvgIpc) is 3.20. The lowest BCUT2D eigenvalue weighted by molar-refractivity contribution is -0.131. The van der Waals surface area contributed by atoms with Crippen LogP contribution in [-0.4, -0.2) is 76.1 Å². The number of piperidine rings is 1. The number of allylic oxidation sites excluding steroid dienone is 2. The summed E-state index contributed by atoms with van der Waals surface area (Å²) in [6.45, 7) is 7.22. The highest BCUT2D eigenvalue weighted by atomic mass is 35.5. The van der Waals surface area contributed by atoms with Gasteiger partial charge >= 0.3 is 0 Å². The van der Waals surface area contributed by atoms with Crippen LogP contribution in [0.5, 0.6) is 11.5 Å². The molecule has 1 amide bonds. The summed E-state index contributed by atoms with van der Waals surface area (Å²) < 4.78 is 27.8. The van der Waals surface area contributed by atoms with Gasteiger partial charge in [-0.25, -0.2) is 14.4 Å². The SMILES string of the molecule is C=CC(=O)N1C2CCC1CC(Oc1cc3c(NC4CC=C(Cl)C(Cl)=C4F)ncnc3cc1OCCN1CCC1)C2. The minimum atomic E-state index is -0.702. The number of carbonyl (C=O) groups excluding carboxylic acids is 1. The van der Waals surface area contributed by atoms with Crippen molar-refractivity contribution in [3.63, 3.8) is 0 Å². The molecule has 4 aliphatic rings. The molecule has 0 radical (unpaired) electrons. The number of hydrogen-bond acceptors (Lipinski definition) is 7. The van der Waals surface area contributed by atoms with E-state index in [0.717, 1.165) is 45.3 Å². The van der Waals surface area contributed by atoms with Crippen molar-refractivity contribution in [2.75, 3.05) is 31.6 Å². The number of hydrogen-bond donors (Lipinski definition) is 1. The molecule has 1 aromatic carbocycles. The number of nitrogens with zero attached hydrogens (tertiary/aromatic N) is 4. The molecular weight excluding hydrogens is 556 g/mol. The molecule has 11 heteroatoms. The lowest BCUT2D eigenvalue weighted by Gasteiger charge is -2.38. The Hall–Kier alpha value is -2.88. The third-order valence-corrected chi connectivity index (χ3v) is 9.12. The Bertz CT molecular complexity index is 1370. The summed E-state index contributed by atoms with van der Waals surface area (Å²) >= 11 is 12.1. The third kappa shape index (κ3) is 5.39. The normalized spacial score (nSPS) is 26.4. The van der Waals surface area contributed by atoms with E-state index in [1.807, 2.05) is 17.0 Å². The summed E-state index contributed by atoms with van der Waals surface area (Å²) in [5, 5.41) is 3.96. The van der Waals surface area contributed by atoms with Crippen LogP contribution < -0.4 is 14.8 Å². The van der Waals surface area contributed by atoms with E-state index >= 15 is 0 Å². The molecule has 0 saturated carbocycles. The molecule has 2 bridgehead atoms. The van der Waals surface area contributed by atoms with Gasteiger partial charge < -0.3 is 19.7 Å². The molecule has 3 atom stereocenters. The van der Waals surface area contributed by atoms with Gasteiger partial charge in [-0.05, 0) is 50.9 Å². The highest BCUT2D eigenvalue weighted by molar-refractivity contribution is 6.44. The Morgan fingerprint density at radius 2 is 1.95 bits per heavy atom. The maximum Gasteiger partial charge on any atom is 0.246 e. The zero-order valence-corrected chi connectivity index (χ0v) is 23.6. The predicted octanol–water partition coefficient (Wildman–Crippen LogP) is 5.53. The Balaban J connectivity index is 1.27. The van der Waals surface area contributed by atoms with Crippen molar-refractivity contribution in [2.45, 2.75) is 62.8 Å². The molecule has 2 aromatic rings. The van der Waals surface area contributed by atoms with Crippen molar-refractivity contribution in [1.82, 2.24) is 19.8 Å². The number of ether oxygens (including phenoxy) is 2. The molecule has 1 aromatic heterocycles. The van der Waals surface area contributed by atoms with E-state index in [0.29, 0.717) is 41.2 Å². The molecule has 0 spiro atoms. The lowest BCUT2D eigenvalue weighted by atomic mass is 9.99. The number of anilines is 1. The molecule has 1 N–H and O–H groups in total. The highest BCUT2D eigenvalue weighted by Crippen LogP contribution is 2.41. The van der Waals surface area contributed by atoms with E-state index < -0.39 is 11.9 Å². The standard InChI is InChI=1S/C29H32Cl2FN5O3/c1-2-26(38)37-17-4-5-18(37)13-19(12-17)40-25-14-20-23(15-24(25)39-11-10-36-8-3-9-36)33-16-34-29(20)35-22-7-6-21(30)27(31)28(22)32/h2,6,14-19,22H,1,3-5,7-13H2,(H,33,34,35). The smallest absolute Gasteiger partial charge is 0.246 e. The first-order valence-electron chi connectivity index (χ1n) is 13.8. The second-order valence-corrected chi connectivity index (χ2v) is 11.6. The second-order valence-electron chi connectivity index (χ2n) is 10.8. The number of benzene rings is 1. The van der Waals surface area contributed by atoms with Crippen LogP contribution in [0.25, 0.3) is 10.9 Å². The highest BCUT2D eigenvalue weighted by Gasteiger charge is 2.43. The molecule has 212 valence electrons. The number of likely N-dealkylation sites (tertiary alicyclic amines) is 1. The molecular formula is C29H32Cl2FN5O3. The summed E-state index contributed by atoms with van der Waals surface area (Å²) in [6.07, 6.45) is 9.40. The van der Waals surface area contributed by atoms with Gasteiger partial charge in [-0.1, -0.05) is 35.9 Å². The number of aromatic nitrogens is 2. The van der Waals surface area contributed by atoms with Gasteiger partial charge in [0.05, 0.1) is 21.6 Å². The van der Waals surface area contributed by atoms with Crippen molar-refractivity contribution in [3.05, 3.63) is 53.1 Å². The molecule has 3 unspecified atom stereocenters. The van der Waals surface area contributed by atoms with Crippen LogP contribution in [0.2, 0.25) is 0 Å². The summed E-state index contributed by atoms with van der Waals surface area (Å²) in [5.41, 5.74) is 0.648. The van der Waals surface area contributed by atoms with Crippen molar-refractivity contribution in [2.24, 2.45) is 0 Å². The Kier molecular flexibility index (Phi) is 7.88. The van der Waals surface area contributed by atoms with Crippen molar-refractivity contribution in [1.29, 1.82) is 0 Å². The number of fused-ring (bicyclic) bond motifs is 3. The fourth-order valence-corrected chi connectivity index (χ4v) is 6.50. The minimum absolute atomic E-state index is 0.0141. The van der Waals surface area contributed by atoms with Crippen LogP contribution in [-0.2, 0) is 4.79 Å². The van der Waals surface area contributed by atoms with E-state index in [2.05, 4.69) is 26.8 Å². The van der Waals surface area contributed by atoms with E-state index in [9.17, 15) is 9.18 Å². The van der Waals surface area contributed by atoms with Crippen LogP contribution in [0.15, 0.2) is 53.1 Å². The Labute approximate surface area is 242 Å². The minimum Gasteiger partial charge on any atom is -0.488 e. The fraction of sp³-hybridized carbons (Fsp3) is 0.483. The Morgan fingerprint density at radius 3 is 2.65 bits per heavy atom. The van der Waals surface area contributed by atoms with Crippen LogP contribution in [0.1, 0.15) is 38.5 Å². The van der Waals surface area contributed by atoms with Crippen molar-refractivity contribution in [3.8, 4) is 11.5 Å². The van der Waals surface area contributed by atoms with Gasteiger partial charge in [0.2, 0.25) is 5.91 Å². The van der Waals surface area contributed by atoms with Crippen LogP contribution in [0.4, 0.5) is 10.2 Å². The van der Waals surface area contributed by atoms with Crippen LogP contribution in [0, 0.1) is 0 Å². The molecule has 40 heavy (non-hydrogen) atoms. The van der Waals surface area contributed by atoms with E-state index in [1.54, 1.807) is 6.08 Å². The van der Waals surface area contributed by atoms with Gasteiger partial charge in [-0.2, -0.15) is 0 Å². The summed E-state index contributed by atoms with van der Waals surface area (Å²) in [5.74, 6) is 1.11. The molecule has 3 fully saturated rings. The molecule has 3 aliphatic heterocycles. The Morgan fingerprint density at radius 1 is 1.18 bits per heavy atom. The summed E-state index contributed by atoms with van der Waals surface area (Å²) in [6, 6.07) is 3.30. The van der Waals surface area contributed by atoms with Gasteiger partial charge in [0.1, 0.15) is 30.7 Å². The molecule has 6 rings (SSSR count). The fourth-order valence-electron chi connectivity index (χ4n) is 6.11. The van der Waals surface area contributed by atoms with Crippen molar-refractivity contribution < 1.29 is 18.7 Å². The van der Waals surface area contributed by atoms with Crippen LogP contribution in [0.3, 0.4) is 0 Å². The van der Waals surface area contributed by atoms with E-state index in [-0.39, 0.29) is 34.2 Å². The maximum atomic E-state index is 14.9. The first-order valence-corrected chi connectivity index (χ1v) is 14.6. The second kappa shape index (κ2) is 11.5. The molecule has 8 nitrogen and oxygen atoms in total. The van der Waals surface area contributed by atoms with Gasteiger partial charge in [0.25, 0.3) is 0 Å². The van der Waals surface area contributed by atoms with Crippen molar-refractivity contribution >= 4 is 45.8 Å². The van der Waals surface area contributed by atoms with E-state index in [1.165, 1.54) is 18.8 Å². The number of nitrogens with one attached hydrogen (secondary N) is 1. The number of carbonyl (C=O) groups is 1. The summed E-state index contributed by atoms with van der Waals surface area (Å²) in [7, 11) is 0. The van der Waals surface area contributed by atoms with Crippen LogP contribution >= 0.6 is 23.2 Å². The van der Waals surface area contributed by atoms with Gasteiger partial charge in [0, 0.05) is 42.9 Å². The first kappa shape index (κ1) is 27.3. The average molecular weight is 589 g/mol. The first-order chi connectivity index (χ1) is 19.4. The quantitative estimate of drug-likeness (QED) is 0.386.